The fourth-order valence-corrected chi connectivity index (χ4v) is 3.98. The molecule has 1 heterocycles. The van der Waals surface area contributed by atoms with Gasteiger partial charge in [-0.2, -0.15) is 0 Å². The van der Waals surface area contributed by atoms with E-state index in [2.05, 4.69) is 10.0 Å². The van der Waals surface area contributed by atoms with Crippen LogP contribution in [0.1, 0.15) is 20.3 Å². The van der Waals surface area contributed by atoms with Crippen molar-refractivity contribution in [3.05, 3.63) is 24.3 Å². The third-order valence-corrected chi connectivity index (χ3v) is 5.52. The molecule has 8 nitrogen and oxygen atoms in total. The minimum Gasteiger partial charge on any atom is -0.497 e. The van der Waals surface area contributed by atoms with Crippen molar-refractivity contribution in [3.63, 3.8) is 0 Å². The van der Waals surface area contributed by atoms with Crippen molar-refractivity contribution in [1.82, 2.24) is 5.32 Å². The molecule has 0 spiro atoms. The maximum atomic E-state index is 12.3. The summed E-state index contributed by atoms with van der Waals surface area (Å²) in [7, 11) is -2.17. The molecule has 2 rings (SSSR count). The second kappa shape index (κ2) is 8.70. The van der Waals surface area contributed by atoms with Gasteiger partial charge in [0.2, 0.25) is 15.9 Å². The summed E-state index contributed by atoms with van der Waals surface area (Å²) in [5.41, 5.74) is 0.389. The molecular formula is C17H26N2O6S. The fourth-order valence-electron chi connectivity index (χ4n) is 2.60. The van der Waals surface area contributed by atoms with Gasteiger partial charge in [-0.05, 0) is 19.1 Å². The van der Waals surface area contributed by atoms with Gasteiger partial charge in [-0.25, -0.2) is 8.42 Å². The van der Waals surface area contributed by atoms with Crippen LogP contribution in [0.4, 0.5) is 5.69 Å². The van der Waals surface area contributed by atoms with E-state index in [9.17, 15) is 13.2 Å². The minimum absolute atomic E-state index is 0.319. The van der Waals surface area contributed by atoms with Gasteiger partial charge in [-0.15, -0.1) is 0 Å². The number of hydrogen-bond acceptors (Lipinski definition) is 6. The maximum Gasteiger partial charge on any atom is 0.233 e. The van der Waals surface area contributed by atoms with E-state index in [4.69, 9.17) is 14.2 Å². The highest BCUT2D eigenvalue weighted by Crippen LogP contribution is 2.22. The van der Waals surface area contributed by atoms with E-state index in [0.29, 0.717) is 37.6 Å². The zero-order valence-corrected chi connectivity index (χ0v) is 16.1. The van der Waals surface area contributed by atoms with Crippen LogP contribution in [0.2, 0.25) is 0 Å². The lowest BCUT2D eigenvalue weighted by molar-refractivity contribution is -0.146. The Bertz CT molecular complexity index is 716. The van der Waals surface area contributed by atoms with Gasteiger partial charge in [-0.1, -0.05) is 13.0 Å². The molecule has 1 aliphatic rings. The SMILES string of the molecule is COc1cccc(NS(=O)(=O)CC(C)C(=O)NCCC2(C)OCCO2)c1. The Morgan fingerprint density at radius 2 is 2.04 bits per heavy atom. The first-order valence-electron chi connectivity index (χ1n) is 8.43. The minimum atomic E-state index is -3.67. The molecular weight excluding hydrogens is 360 g/mol. The van der Waals surface area contributed by atoms with E-state index >= 15 is 0 Å². The third kappa shape index (κ3) is 6.15. The van der Waals surface area contributed by atoms with Crippen LogP contribution in [-0.2, 0) is 24.3 Å². The standard InChI is InChI=1S/C17H26N2O6S/c1-13(16(20)18-8-7-17(2)24-9-10-25-17)12-26(21,22)19-14-5-4-6-15(11-14)23-3/h4-6,11,13,19H,7-10,12H2,1-3H3,(H,18,20). The molecule has 146 valence electrons. The highest BCUT2D eigenvalue weighted by molar-refractivity contribution is 7.92. The Balaban J connectivity index is 1.82. The number of sulfonamides is 1. The van der Waals surface area contributed by atoms with Crippen molar-refractivity contribution in [2.75, 3.05) is 37.3 Å². The number of benzene rings is 1. The average molecular weight is 386 g/mol. The maximum absolute atomic E-state index is 12.3. The van der Waals surface area contributed by atoms with Gasteiger partial charge in [0, 0.05) is 19.0 Å². The molecule has 1 unspecified atom stereocenters. The second-order valence-corrected chi connectivity index (χ2v) is 8.16. The molecule has 0 saturated carbocycles. The van der Waals surface area contributed by atoms with Crippen LogP contribution < -0.4 is 14.8 Å². The molecule has 0 aliphatic carbocycles. The van der Waals surface area contributed by atoms with Crippen LogP contribution in [0.25, 0.3) is 0 Å². The third-order valence-electron chi connectivity index (χ3n) is 4.04. The monoisotopic (exact) mass is 386 g/mol. The first-order valence-corrected chi connectivity index (χ1v) is 10.1. The van der Waals surface area contributed by atoms with Gasteiger partial charge in [0.1, 0.15) is 5.75 Å². The second-order valence-electron chi connectivity index (χ2n) is 6.39. The van der Waals surface area contributed by atoms with E-state index < -0.39 is 21.7 Å². The van der Waals surface area contributed by atoms with Gasteiger partial charge in [0.15, 0.2) is 5.79 Å². The molecule has 26 heavy (non-hydrogen) atoms. The molecule has 2 N–H and O–H groups in total. The van der Waals surface area contributed by atoms with Crippen molar-refractivity contribution >= 4 is 21.6 Å². The van der Waals surface area contributed by atoms with Crippen LogP contribution in [0.15, 0.2) is 24.3 Å². The predicted octanol–water partition coefficient (Wildman–Crippen LogP) is 1.34. The summed E-state index contributed by atoms with van der Waals surface area (Å²) in [6, 6.07) is 6.59. The van der Waals surface area contributed by atoms with E-state index in [-0.39, 0.29) is 11.7 Å². The smallest absolute Gasteiger partial charge is 0.233 e. The molecule has 1 saturated heterocycles. The first kappa shape index (κ1) is 20.5. The van der Waals surface area contributed by atoms with E-state index in [0.717, 1.165) is 0 Å². The predicted molar refractivity (Wildman–Crippen MR) is 97.5 cm³/mol. The molecule has 0 bridgehead atoms. The Kier molecular flexibility index (Phi) is 6.85. The highest BCUT2D eigenvalue weighted by Gasteiger charge is 2.30. The molecule has 1 amide bonds. The molecule has 9 heteroatoms. The van der Waals surface area contributed by atoms with E-state index in [1.54, 1.807) is 31.2 Å². The van der Waals surface area contributed by atoms with Crippen LogP contribution in [0, 0.1) is 5.92 Å². The van der Waals surface area contributed by atoms with Crippen LogP contribution in [0.5, 0.6) is 5.75 Å². The zero-order valence-electron chi connectivity index (χ0n) is 15.3. The topological polar surface area (TPSA) is 103 Å². The van der Waals surface area contributed by atoms with Gasteiger partial charge in [0.25, 0.3) is 0 Å². The normalized spacial score (nSPS) is 17.5. The lowest BCUT2D eigenvalue weighted by atomic mass is 10.2. The Morgan fingerprint density at radius 1 is 1.35 bits per heavy atom. The lowest BCUT2D eigenvalue weighted by Gasteiger charge is -2.22. The van der Waals surface area contributed by atoms with Gasteiger partial charge >= 0.3 is 0 Å². The summed E-state index contributed by atoms with van der Waals surface area (Å²) in [4.78, 5) is 12.1. The van der Waals surface area contributed by atoms with Crippen molar-refractivity contribution in [3.8, 4) is 5.75 Å². The average Bonchev–Trinajstić information content (AvgIpc) is 3.00. The van der Waals surface area contributed by atoms with E-state index in [1.165, 1.54) is 7.11 Å². The number of carbonyl (C=O) groups excluding carboxylic acids is 1. The molecule has 1 fully saturated rings. The number of nitrogens with one attached hydrogen (secondary N) is 2. The molecule has 1 aromatic carbocycles. The van der Waals surface area contributed by atoms with Crippen LogP contribution in [-0.4, -0.2) is 52.7 Å². The van der Waals surface area contributed by atoms with Gasteiger partial charge in [-0.3, -0.25) is 9.52 Å². The Morgan fingerprint density at radius 3 is 2.69 bits per heavy atom. The number of amides is 1. The number of rotatable bonds is 9. The molecule has 0 aromatic heterocycles. The van der Waals surface area contributed by atoms with Crippen molar-refractivity contribution in [1.29, 1.82) is 0 Å². The van der Waals surface area contributed by atoms with Crippen LogP contribution in [0.3, 0.4) is 0 Å². The number of ether oxygens (including phenoxy) is 3. The summed E-state index contributed by atoms with van der Waals surface area (Å²) in [5.74, 6) is -1.49. The summed E-state index contributed by atoms with van der Waals surface area (Å²) in [5, 5.41) is 2.73. The summed E-state index contributed by atoms with van der Waals surface area (Å²) < 4.78 is 43.0. The molecule has 1 atom stereocenters. The number of methoxy groups -OCH3 is 1. The van der Waals surface area contributed by atoms with E-state index in [1.807, 2.05) is 6.92 Å². The molecule has 1 aliphatic heterocycles. The summed E-state index contributed by atoms with van der Waals surface area (Å²) in [6.07, 6.45) is 0.500. The summed E-state index contributed by atoms with van der Waals surface area (Å²) in [6.45, 7) is 4.82. The van der Waals surface area contributed by atoms with Crippen molar-refractivity contribution in [2.45, 2.75) is 26.1 Å². The number of hydrogen-bond donors (Lipinski definition) is 2. The van der Waals surface area contributed by atoms with Crippen LogP contribution >= 0.6 is 0 Å². The number of anilines is 1. The zero-order chi connectivity index (χ0) is 19.2. The van der Waals surface area contributed by atoms with Gasteiger partial charge in [0.05, 0.1) is 37.7 Å². The largest absolute Gasteiger partial charge is 0.497 e. The fraction of sp³-hybridized carbons (Fsp3) is 0.588. The highest BCUT2D eigenvalue weighted by atomic mass is 32.2. The van der Waals surface area contributed by atoms with Crippen molar-refractivity contribution < 1.29 is 27.4 Å². The van der Waals surface area contributed by atoms with Crippen molar-refractivity contribution in [2.24, 2.45) is 5.92 Å². The molecule has 1 aromatic rings. The Labute approximate surface area is 154 Å². The summed E-state index contributed by atoms with van der Waals surface area (Å²) >= 11 is 0. The Hall–Kier alpha value is -1.84. The lowest BCUT2D eigenvalue weighted by Crippen LogP contribution is -2.38. The molecule has 0 radical (unpaired) electrons. The number of carbonyl (C=O) groups is 1. The van der Waals surface area contributed by atoms with Gasteiger partial charge < -0.3 is 19.5 Å². The quantitative estimate of drug-likeness (QED) is 0.664. The first-order chi connectivity index (χ1) is 12.2.